The second-order valence-corrected chi connectivity index (χ2v) is 5.35. The molecule has 2 aromatic carbocycles. The predicted octanol–water partition coefficient (Wildman–Crippen LogP) is 3.37. The smallest absolute Gasteiger partial charge is 0.134 e. The van der Waals surface area contributed by atoms with Gasteiger partial charge in [-0.05, 0) is 30.3 Å². The SMILES string of the molecule is Oc1ccc(N2CCN(c3ccccc3)CC2)cc1Cl. The summed E-state index contributed by atoms with van der Waals surface area (Å²) in [5.41, 5.74) is 2.34. The number of nitrogens with zero attached hydrogens (tertiary/aromatic N) is 2. The molecule has 1 heterocycles. The number of anilines is 2. The molecule has 3 rings (SSSR count). The summed E-state index contributed by atoms with van der Waals surface area (Å²) in [6, 6.07) is 15.9. The number of benzene rings is 2. The first kappa shape index (κ1) is 13.1. The van der Waals surface area contributed by atoms with Gasteiger partial charge in [0.1, 0.15) is 5.75 Å². The van der Waals surface area contributed by atoms with Crippen LogP contribution >= 0.6 is 11.6 Å². The second-order valence-electron chi connectivity index (χ2n) is 4.95. The summed E-state index contributed by atoms with van der Waals surface area (Å²) in [4.78, 5) is 4.68. The molecule has 0 amide bonds. The Morgan fingerprint density at radius 2 is 1.40 bits per heavy atom. The molecule has 20 heavy (non-hydrogen) atoms. The molecule has 0 saturated carbocycles. The standard InChI is InChI=1S/C16H17ClN2O/c17-15-12-14(6-7-16(15)20)19-10-8-18(9-11-19)13-4-2-1-3-5-13/h1-7,12,20H,8-11H2. The lowest BCUT2D eigenvalue weighted by Crippen LogP contribution is -2.46. The van der Waals surface area contributed by atoms with Crippen molar-refractivity contribution in [3.8, 4) is 5.75 Å². The zero-order chi connectivity index (χ0) is 13.9. The van der Waals surface area contributed by atoms with E-state index in [1.54, 1.807) is 6.07 Å². The van der Waals surface area contributed by atoms with Gasteiger partial charge in [-0.15, -0.1) is 0 Å². The number of hydrogen-bond acceptors (Lipinski definition) is 3. The molecule has 0 aromatic heterocycles. The minimum Gasteiger partial charge on any atom is -0.506 e. The van der Waals surface area contributed by atoms with E-state index in [1.807, 2.05) is 18.2 Å². The first-order valence-corrected chi connectivity index (χ1v) is 7.15. The Bertz CT molecular complexity index is 580. The third-order valence-corrected chi connectivity index (χ3v) is 4.00. The van der Waals surface area contributed by atoms with Gasteiger partial charge in [-0.3, -0.25) is 0 Å². The Labute approximate surface area is 124 Å². The number of phenols is 1. The highest BCUT2D eigenvalue weighted by Gasteiger charge is 2.17. The van der Waals surface area contributed by atoms with E-state index in [0.717, 1.165) is 31.9 Å². The van der Waals surface area contributed by atoms with Crippen LogP contribution in [0.15, 0.2) is 48.5 Å². The van der Waals surface area contributed by atoms with Gasteiger partial charge < -0.3 is 14.9 Å². The average molecular weight is 289 g/mol. The van der Waals surface area contributed by atoms with Crippen molar-refractivity contribution >= 4 is 23.0 Å². The van der Waals surface area contributed by atoms with Crippen molar-refractivity contribution < 1.29 is 5.11 Å². The molecule has 2 aromatic rings. The van der Waals surface area contributed by atoms with Gasteiger partial charge in [-0.1, -0.05) is 29.8 Å². The van der Waals surface area contributed by atoms with Crippen molar-refractivity contribution in [3.63, 3.8) is 0 Å². The fraction of sp³-hybridized carbons (Fsp3) is 0.250. The fourth-order valence-corrected chi connectivity index (χ4v) is 2.73. The van der Waals surface area contributed by atoms with Crippen LogP contribution in [0.25, 0.3) is 0 Å². The molecular formula is C16H17ClN2O. The summed E-state index contributed by atoms with van der Waals surface area (Å²) in [6.07, 6.45) is 0. The molecule has 1 N–H and O–H groups in total. The van der Waals surface area contributed by atoms with Gasteiger partial charge in [0.15, 0.2) is 0 Å². The van der Waals surface area contributed by atoms with E-state index in [9.17, 15) is 5.11 Å². The topological polar surface area (TPSA) is 26.7 Å². The number of aromatic hydroxyl groups is 1. The summed E-state index contributed by atoms with van der Waals surface area (Å²) in [5, 5.41) is 9.88. The number of piperazine rings is 1. The lowest BCUT2D eigenvalue weighted by atomic mass is 10.2. The van der Waals surface area contributed by atoms with Crippen molar-refractivity contribution in [1.82, 2.24) is 0 Å². The largest absolute Gasteiger partial charge is 0.506 e. The fourth-order valence-electron chi connectivity index (χ4n) is 2.55. The molecule has 4 heteroatoms. The Hall–Kier alpha value is -1.87. The minimum atomic E-state index is 0.137. The van der Waals surface area contributed by atoms with E-state index in [-0.39, 0.29) is 5.75 Å². The molecule has 104 valence electrons. The number of hydrogen-bond donors (Lipinski definition) is 1. The van der Waals surface area contributed by atoms with Crippen LogP contribution in [0.2, 0.25) is 5.02 Å². The molecule has 1 saturated heterocycles. The highest BCUT2D eigenvalue weighted by atomic mass is 35.5. The van der Waals surface area contributed by atoms with Gasteiger partial charge in [0.2, 0.25) is 0 Å². The van der Waals surface area contributed by atoms with Crippen LogP contribution in [0.5, 0.6) is 5.75 Å². The van der Waals surface area contributed by atoms with Gasteiger partial charge in [0.05, 0.1) is 5.02 Å². The molecule has 1 aliphatic rings. The maximum atomic E-state index is 9.47. The predicted molar refractivity (Wildman–Crippen MR) is 84.0 cm³/mol. The molecule has 0 atom stereocenters. The Morgan fingerprint density at radius 1 is 0.800 bits per heavy atom. The van der Waals surface area contributed by atoms with Crippen molar-refractivity contribution in [2.45, 2.75) is 0 Å². The van der Waals surface area contributed by atoms with Gasteiger partial charge in [0.25, 0.3) is 0 Å². The maximum Gasteiger partial charge on any atom is 0.134 e. The van der Waals surface area contributed by atoms with E-state index >= 15 is 0 Å². The highest BCUT2D eigenvalue weighted by molar-refractivity contribution is 6.32. The molecule has 3 nitrogen and oxygen atoms in total. The summed E-state index contributed by atoms with van der Waals surface area (Å²) >= 11 is 5.97. The van der Waals surface area contributed by atoms with E-state index in [1.165, 1.54) is 5.69 Å². The quantitative estimate of drug-likeness (QED) is 0.918. The molecule has 1 fully saturated rings. The van der Waals surface area contributed by atoms with E-state index in [2.05, 4.69) is 34.1 Å². The highest BCUT2D eigenvalue weighted by Crippen LogP contribution is 2.29. The number of rotatable bonds is 2. The number of halogens is 1. The van der Waals surface area contributed by atoms with Crippen LogP contribution in [0.1, 0.15) is 0 Å². The van der Waals surface area contributed by atoms with Gasteiger partial charge in [-0.2, -0.15) is 0 Å². The lowest BCUT2D eigenvalue weighted by molar-refractivity contribution is 0.475. The molecule has 0 radical (unpaired) electrons. The van der Waals surface area contributed by atoms with Crippen LogP contribution < -0.4 is 9.80 Å². The zero-order valence-corrected chi connectivity index (χ0v) is 11.9. The molecule has 0 bridgehead atoms. The van der Waals surface area contributed by atoms with Crippen LogP contribution in [0.3, 0.4) is 0 Å². The Kier molecular flexibility index (Phi) is 3.70. The monoisotopic (exact) mass is 288 g/mol. The first-order valence-electron chi connectivity index (χ1n) is 6.77. The van der Waals surface area contributed by atoms with Gasteiger partial charge in [-0.25, -0.2) is 0 Å². The second kappa shape index (κ2) is 5.63. The van der Waals surface area contributed by atoms with Crippen molar-refractivity contribution in [1.29, 1.82) is 0 Å². The summed E-state index contributed by atoms with van der Waals surface area (Å²) in [5.74, 6) is 0.137. The van der Waals surface area contributed by atoms with E-state index in [0.29, 0.717) is 5.02 Å². The van der Waals surface area contributed by atoms with Gasteiger partial charge >= 0.3 is 0 Å². The van der Waals surface area contributed by atoms with Crippen LogP contribution in [0, 0.1) is 0 Å². The van der Waals surface area contributed by atoms with Crippen molar-refractivity contribution in [2.24, 2.45) is 0 Å². The number of para-hydroxylation sites is 1. The Balaban J connectivity index is 1.68. The van der Waals surface area contributed by atoms with Crippen molar-refractivity contribution in [2.75, 3.05) is 36.0 Å². The lowest BCUT2D eigenvalue weighted by Gasteiger charge is -2.37. The van der Waals surface area contributed by atoms with E-state index < -0.39 is 0 Å². The molecule has 0 unspecified atom stereocenters. The van der Waals surface area contributed by atoms with E-state index in [4.69, 9.17) is 11.6 Å². The molecule has 1 aliphatic heterocycles. The Morgan fingerprint density at radius 3 is 2.00 bits per heavy atom. The summed E-state index contributed by atoms with van der Waals surface area (Å²) in [6.45, 7) is 3.89. The average Bonchev–Trinajstić information content (AvgIpc) is 2.51. The third-order valence-electron chi connectivity index (χ3n) is 3.70. The van der Waals surface area contributed by atoms with Crippen LogP contribution in [0.4, 0.5) is 11.4 Å². The molecule has 0 aliphatic carbocycles. The van der Waals surface area contributed by atoms with Gasteiger partial charge in [0, 0.05) is 37.6 Å². The summed E-state index contributed by atoms with van der Waals surface area (Å²) in [7, 11) is 0. The van der Waals surface area contributed by atoms with Crippen LogP contribution in [-0.2, 0) is 0 Å². The maximum absolute atomic E-state index is 9.47. The zero-order valence-electron chi connectivity index (χ0n) is 11.2. The number of phenolic OH excluding ortho intramolecular Hbond substituents is 1. The third kappa shape index (κ3) is 2.68. The van der Waals surface area contributed by atoms with Crippen molar-refractivity contribution in [3.05, 3.63) is 53.6 Å². The minimum absolute atomic E-state index is 0.137. The summed E-state index contributed by atoms with van der Waals surface area (Å²) < 4.78 is 0. The molecule has 0 spiro atoms. The first-order chi connectivity index (χ1) is 9.74. The van der Waals surface area contributed by atoms with Crippen LogP contribution in [-0.4, -0.2) is 31.3 Å². The molecular weight excluding hydrogens is 272 g/mol. The normalized spacial score (nSPS) is 15.4.